The summed E-state index contributed by atoms with van der Waals surface area (Å²) in [5.41, 5.74) is 1.05. The Kier molecular flexibility index (Phi) is 8.43. The van der Waals surface area contributed by atoms with E-state index < -0.39 is 6.04 Å². The van der Waals surface area contributed by atoms with Crippen LogP contribution in [0.4, 0.5) is 0 Å². The number of hydrogen-bond donors (Lipinski definition) is 2. The molecule has 0 aliphatic heterocycles. The topological polar surface area (TPSA) is 75.3 Å². The van der Waals surface area contributed by atoms with Crippen molar-refractivity contribution in [1.82, 2.24) is 10.6 Å². The van der Waals surface area contributed by atoms with Gasteiger partial charge in [-0.05, 0) is 54.4 Å². The predicted molar refractivity (Wildman–Crippen MR) is 128 cm³/mol. The van der Waals surface area contributed by atoms with Crippen molar-refractivity contribution in [1.29, 1.82) is 0 Å². The number of benzene rings is 2. The van der Waals surface area contributed by atoms with Gasteiger partial charge in [-0.25, -0.2) is 0 Å². The average Bonchev–Trinajstić information content (AvgIpc) is 2.81. The molecule has 1 fully saturated rings. The van der Waals surface area contributed by atoms with Crippen LogP contribution in [0.15, 0.2) is 42.5 Å². The fourth-order valence-electron chi connectivity index (χ4n) is 4.53. The van der Waals surface area contributed by atoms with Gasteiger partial charge in [-0.15, -0.1) is 0 Å². The fraction of sp³-hybridized carbons (Fsp3) is 0.519. The zero-order valence-corrected chi connectivity index (χ0v) is 19.5. The Morgan fingerprint density at radius 1 is 0.969 bits per heavy atom. The molecule has 5 nitrogen and oxygen atoms in total. The third-order valence-electron chi connectivity index (χ3n) is 6.61. The molecule has 5 heteroatoms. The Morgan fingerprint density at radius 2 is 1.66 bits per heavy atom. The molecule has 2 aromatic carbocycles. The first-order valence-corrected chi connectivity index (χ1v) is 12.0. The SMILES string of the molecule is CCC(=O)NCC1CCC(C(=O)NC(Cc2ccc3ccccc3c2)C(=O)C(C)C)CC1. The van der Waals surface area contributed by atoms with Crippen molar-refractivity contribution in [3.63, 3.8) is 0 Å². The standard InChI is InChI=1S/C27H36N2O3/c1-4-25(30)28-17-19-9-13-22(14-10-19)27(32)29-24(26(31)18(2)3)16-20-11-12-21-7-5-6-8-23(21)15-20/h5-8,11-12,15,18-19,22,24H,4,9-10,13-14,16-17H2,1-3H3,(H,28,30)(H,29,32). The molecule has 172 valence electrons. The van der Waals surface area contributed by atoms with E-state index in [1.54, 1.807) is 0 Å². The molecule has 0 spiro atoms. The minimum absolute atomic E-state index is 0.0131. The minimum atomic E-state index is -0.509. The van der Waals surface area contributed by atoms with E-state index in [1.807, 2.05) is 39.0 Å². The largest absolute Gasteiger partial charge is 0.356 e. The van der Waals surface area contributed by atoms with Gasteiger partial charge >= 0.3 is 0 Å². The molecule has 32 heavy (non-hydrogen) atoms. The number of nitrogens with one attached hydrogen (secondary N) is 2. The van der Waals surface area contributed by atoms with Crippen LogP contribution in [-0.4, -0.2) is 30.2 Å². The molecule has 2 aromatic rings. The Balaban J connectivity index is 1.61. The van der Waals surface area contributed by atoms with Crippen molar-refractivity contribution in [3.8, 4) is 0 Å². The maximum Gasteiger partial charge on any atom is 0.223 e. The van der Waals surface area contributed by atoms with Gasteiger partial charge in [0.2, 0.25) is 11.8 Å². The molecule has 1 aliphatic rings. The maximum absolute atomic E-state index is 13.0. The zero-order chi connectivity index (χ0) is 23.1. The molecule has 1 aliphatic carbocycles. The highest BCUT2D eigenvalue weighted by molar-refractivity contribution is 5.91. The van der Waals surface area contributed by atoms with E-state index in [4.69, 9.17) is 0 Å². The molecule has 1 saturated carbocycles. The lowest BCUT2D eigenvalue weighted by Crippen LogP contribution is -2.47. The molecule has 1 atom stereocenters. The highest BCUT2D eigenvalue weighted by Crippen LogP contribution is 2.29. The first-order chi connectivity index (χ1) is 15.4. The fourth-order valence-corrected chi connectivity index (χ4v) is 4.53. The second-order valence-electron chi connectivity index (χ2n) is 9.38. The number of hydrogen-bond acceptors (Lipinski definition) is 3. The summed E-state index contributed by atoms with van der Waals surface area (Å²) in [4.78, 5) is 37.4. The highest BCUT2D eigenvalue weighted by Gasteiger charge is 2.30. The molecule has 1 unspecified atom stereocenters. The van der Waals surface area contributed by atoms with Crippen LogP contribution in [0.2, 0.25) is 0 Å². The van der Waals surface area contributed by atoms with Crippen LogP contribution in [0.5, 0.6) is 0 Å². The molecule has 2 N–H and O–H groups in total. The summed E-state index contributed by atoms with van der Waals surface area (Å²) in [7, 11) is 0. The summed E-state index contributed by atoms with van der Waals surface area (Å²) < 4.78 is 0. The Hall–Kier alpha value is -2.69. The summed E-state index contributed by atoms with van der Waals surface area (Å²) >= 11 is 0. The van der Waals surface area contributed by atoms with Gasteiger partial charge in [0.05, 0.1) is 6.04 Å². The minimum Gasteiger partial charge on any atom is -0.356 e. The van der Waals surface area contributed by atoms with E-state index in [-0.39, 0.29) is 29.4 Å². The Bertz CT molecular complexity index is 945. The van der Waals surface area contributed by atoms with Crippen molar-refractivity contribution < 1.29 is 14.4 Å². The number of Topliss-reactive ketones (excluding diaryl/α,β-unsaturated/α-hetero) is 1. The van der Waals surface area contributed by atoms with Crippen LogP contribution >= 0.6 is 0 Å². The lowest BCUT2D eigenvalue weighted by Gasteiger charge is -2.29. The van der Waals surface area contributed by atoms with Crippen LogP contribution in [0.25, 0.3) is 10.8 Å². The quantitative estimate of drug-likeness (QED) is 0.611. The molecule has 3 rings (SSSR count). The number of rotatable bonds is 9. The van der Waals surface area contributed by atoms with Gasteiger partial charge in [-0.2, -0.15) is 0 Å². The van der Waals surface area contributed by atoms with Gasteiger partial charge in [0.15, 0.2) is 5.78 Å². The van der Waals surface area contributed by atoms with Gasteiger partial charge in [0.25, 0.3) is 0 Å². The predicted octanol–water partition coefficient (Wildman–Crippen LogP) is 4.42. The molecular formula is C27H36N2O3. The maximum atomic E-state index is 13.0. The van der Waals surface area contributed by atoms with E-state index in [1.165, 1.54) is 5.39 Å². The average molecular weight is 437 g/mol. The third-order valence-corrected chi connectivity index (χ3v) is 6.61. The summed E-state index contributed by atoms with van der Waals surface area (Å²) in [5.74, 6) is 0.364. The normalized spacial score (nSPS) is 19.5. The monoisotopic (exact) mass is 436 g/mol. The van der Waals surface area contributed by atoms with Crippen molar-refractivity contribution in [2.45, 2.75) is 65.3 Å². The van der Waals surface area contributed by atoms with Crippen LogP contribution < -0.4 is 10.6 Å². The second-order valence-corrected chi connectivity index (χ2v) is 9.38. The van der Waals surface area contributed by atoms with Gasteiger partial charge in [0, 0.05) is 24.8 Å². The van der Waals surface area contributed by atoms with Crippen molar-refractivity contribution >= 4 is 28.4 Å². The summed E-state index contributed by atoms with van der Waals surface area (Å²) in [6.07, 6.45) is 4.46. The number of amides is 2. The molecule has 2 amide bonds. The zero-order valence-electron chi connectivity index (χ0n) is 19.5. The van der Waals surface area contributed by atoms with E-state index >= 15 is 0 Å². The van der Waals surface area contributed by atoms with Gasteiger partial charge < -0.3 is 10.6 Å². The second kappa shape index (κ2) is 11.3. The summed E-state index contributed by atoms with van der Waals surface area (Å²) in [5, 5.41) is 8.35. The highest BCUT2D eigenvalue weighted by atomic mass is 16.2. The van der Waals surface area contributed by atoms with E-state index in [0.717, 1.165) is 36.6 Å². The Morgan fingerprint density at radius 3 is 2.31 bits per heavy atom. The van der Waals surface area contributed by atoms with Crippen molar-refractivity contribution in [2.24, 2.45) is 17.8 Å². The smallest absolute Gasteiger partial charge is 0.223 e. The number of carbonyl (C=O) groups is 3. The summed E-state index contributed by atoms with van der Waals surface area (Å²) in [6, 6.07) is 13.9. The van der Waals surface area contributed by atoms with E-state index in [0.29, 0.717) is 25.3 Å². The number of ketones is 1. The number of carbonyl (C=O) groups excluding carboxylic acids is 3. The number of fused-ring (bicyclic) bond motifs is 1. The lowest BCUT2D eigenvalue weighted by molar-refractivity contribution is -0.132. The van der Waals surface area contributed by atoms with Gasteiger partial charge in [-0.3, -0.25) is 14.4 Å². The molecule has 0 aromatic heterocycles. The first-order valence-electron chi connectivity index (χ1n) is 12.0. The molecule has 0 heterocycles. The lowest BCUT2D eigenvalue weighted by atomic mass is 9.81. The van der Waals surface area contributed by atoms with Crippen LogP contribution in [0.3, 0.4) is 0 Å². The van der Waals surface area contributed by atoms with Crippen LogP contribution in [0.1, 0.15) is 58.4 Å². The molecular weight excluding hydrogens is 400 g/mol. The molecule has 0 saturated heterocycles. The molecule has 0 radical (unpaired) electrons. The van der Waals surface area contributed by atoms with Crippen LogP contribution in [0, 0.1) is 17.8 Å². The van der Waals surface area contributed by atoms with E-state index in [2.05, 4.69) is 34.9 Å². The summed E-state index contributed by atoms with van der Waals surface area (Å²) in [6.45, 7) is 6.32. The third kappa shape index (κ3) is 6.41. The van der Waals surface area contributed by atoms with Gasteiger partial charge in [0.1, 0.15) is 0 Å². The van der Waals surface area contributed by atoms with Crippen molar-refractivity contribution in [3.05, 3.63) is 48.0 Å². The van der Waals surface area contributed by atoms with Crippen molar-refractivity contribution in [2.75, 3.05) is 6.54 Å². The van der Waals surface area contributed by atoms with E-state index in [9.17, 15) is 14.4 Å². The van der Waals surface area contributed by atoms with Crippen LogP contribution in [-0.2, 0) is 20.8 Å². The molecule has 0 bridgehead atoms. The van der Waals surface area contributed by atoms with Gasteiger partial charge in [-0.1, -0.05) is 63.2 Å². The Labute approximate surface area is 191 Å². The first kappa shape index (κ1) is 24.0.